The number of hydrogen-bond donors (Lipinski definition) is 2. The number of carbonyl (C=O) groups is 1. The molecule has 0 radical (unpaired) electrons. The standard InChI is InChI=1S/C14H21NO2/c1-2-3-8-15-9-7-12-5-4-6-13(10-12)11-14(16)17/h4-6,10,15H,2-3,7-9,11H2,1H3,(H,16,17). The third-order valence-electron chi connectivity index (χ3n) is 2.64. The molecule has 0 atom stereocenters. The first-order valence-electron chi connectivity index (χ1n) is 6.22. The number of hydrogen-bond acceptors (Lipinski definition) is 2. The van der Waals surface area contributed by atoms with Gasteiger partial charge in [0.2, 0.25) is 0 Å². The van der Waals surface area contributed by atoms with Gasteiger partial charge in [0, 0.05) is 0 Å². The van der Waals surface area contributed by atoms with Crippen LogP contribution in [-0.4, -0.2) is 24.2 Å². The molecule has 0 spiro atoms. The van der Waals surface area contributed by atoms with Crippen LogP contribution in [0, 0.1) is 0 Å². The summed E-state index contributed by atoms with van der Waals surface area (Å²) < 4.78 is 0. The molecule has 0 heterocycles. The molecule has 3 nitrogen and oxygen atoms in total. The lowest BCUT2D eigenvalue weighted by molar-refractivity contribution is -0.136. The van der Waals surface area contributed by atoms with Crippen LogP contribution in [0.5, 0.6) is 0 Å². The summed E-state index contributed by atoms with van der Waals surface area (Å²) in [5, 5.41) is 12.1. The second-order valence-corrected chi connectivity index (χ2v) is 4.24. The van der Waals surface area contributed by atoms with E-state index in [0.29, 0.717) is 0 Å². The zero-order chi connectivity index (χ0) is 12.5. The van der Waals surface area contributed by atoms with Crippen LogP contribution in [0.2, 0.25) is 0 Å². The van der Waals surface area contributed by atoms with Crippen LogP contribution < -0.4 is 5.32 Å². The Labute approximate surface area is 103 Å². The van der Waals surface area contributed by atoms with Gasteiger partial charge in [-0.05, 0) is 37.1 Å². The van der Waals surface area contributed by atoms with Gasteiger partial charge < -0.3 is 10.4 Å². The number of unbranched alkanes of at least 4 members (excludes halogenated alkanes) is 1. The Morgan fingerprint density at radius 1 is 1.29 bits per heavy atom. The SMILES string of the molecule is CCCCNCCc1cccc(CC(=O)O)c1. The second-order valence-electron chi connectivity index (χ2n) is 4.24. The maximum Gasteiger partial charge on any atom is 0.307 e. The molecule has 1 aromatic carbocycles. The quantitative estimate of drug-likeness (QED) is 0.679. The van der Waals surface area contributed by atoms with Crippen molar-refractivity contribution in [3.8, 4) is 0 Å². The maximum atomic E-state index is 10.6. The highest BCUT2D eigenvalue weighted by Gasteiger charge is 2.01. The summed E-state index contributed by atoms with van der Waals surface area (Å²) in [4.78, 5) is 10.6. The largest absolute Gasteiger partial charge is 0.481 e. The lowest BCUT2D eigenvalue weighted by Crippen LogP contribution is -2.18. The predicted molar refractivity (Wildman–Crippen MR) is 69.3 cm³/mol. The Morgan fingerprint density at radius 2 is 2.06 bits per heavy atom. The molecular weight excluding hydrogens is 214 g/mol. The monoisotopic (exact) mass is 235 g/mol. The lowest BCUT2D eigenvalue weighted by Gasteiger charge is -2.05. The van der Waals surface area contributed by atoms with Gasteiger partial charge in [-0.15, -0.1) is 0 Å². The summed E-state index contributed by atoms with van der Waals surface area (Å²) in [5.74, 6) is -0.775. The van der Waals surface area contributed by atoms with Crippen molar-refractivity contribution < 1.29 is 9.90 Å². The third-order valence-corrected chi connectivity index (χ3v) is 2.64. The predicted octanol–water partition coefficient (Wildman–Crippen LogP) is 2.25. The van der Waals surface area contributed by atoms with E-state index in [1.165, 1.54) is 18.4 Å². The highest BCUT2D eigenvalue weighted by molar-refractivity contribution is 5.70. The molecule has 0 fully saturated rings. The van der Waals surface area contributed by atoms with Crippen molar-refractivity contribution in [2.24, 2.45) is 0 Å². The average Bonchev–Trinajstić information content (AvgIpc) is 2.28. The van der Waals surface area contributed by atoms with Crippen LogP contribution in [0.1, 0.15) is 30.9 Å². The van der Waals surface area contributed by atoms with E-state index >= 15 is 0 Å². The molecule has 3 heteroatoms. The van der Waals surface area contributed by atoms with Gasteiger partial charge in [0.1, 0.15) is 0 Å². The van der Waals surface area contributed by atoms with E-state index in [0.717, 1.165) is 25.1 Å². The van der Waals surface area contributed by atoms with Crippen molar-refractivity contribution in [1.29, 1.82) is 0 Å². The van der Waals surface area contributed by atoms with E-state index in [9.17, 15) is 4.79 Å². The molecule has 0 saturated carbocycles. The molecule has 1 rings (SSSR count). The molecule has 0 unspecified atom stereocenters. The van der Waals surface area contributed by atoms with Crippen molar-refractivity contribution in [2.45, 2.75) is 32.6 Å². The summed E-state index contributed by atoms with van der Waals surface area (Å²) >= 11 is 0. The number of benzene rings is 1. The van der Waals surface area contributed by atoms with Gasteiger partial charge in [-0.3, -0.25) is 4.79 Å². The highest BCUT2D eigenvalue weighted by atomic mass is 16.4. The van der Waals surface area contributed by atoms with Crippen molar-refractivity contribution in [1.82, 2.24) is 5.32 Å². The number of aliphatic carboxylic acids is 1. The Morgan fingerprint density at radius 3 is 2.76 bits per heavy atom. The summed E-state index contributed by atoms with van der Waals surface area (Å²) in [6.45, 7) is 4.19. The molecule has 1 aromatic rings. The second kappa shape index (κ2) is 7.85. The number of nitrogens with one attached hydrogen (secondary N) is 1. The summed E-state index contributed by atoms with van der Waals surface area (Å²) in [6, 6.07) is 7.82. The van der Waals surface area contributed by atoms with Crippen LogP contribution >= 0.6 is 0 Å². The van der Waals surface area contributed by atoms with E-state index < -0.39 is 5.97 Å². The van der Waals surface area contributed by atoms with Gasteiger partial charge in [-0.1, -0.05) is 37.6 Å². The van der Waals surface area contributed by atoms with Crippen LogP contribution in [0.3, 0.4) is 0 Å². The van der Waals surface area contributed by atoms with Gasteiger partial charge in [0.15, 0.2) is 0 Å². The molecule has 0 aromatic heterocycles. The molecule has 0 aliphatic rings. The van der Waals surface area contributed by atoms with Crippen molar-refractivity contribution in [3.05, 3.63) is 35.4 Å². The van der Waals surface area contributed by atoms with Crippen LogP contribution in [0.15, 0.2) is 24.3 Å². The normalized spacial score (nSPS) is 10.4. The molecular formula is C14H21NO2. The minimum atomic E-state index is -0.775. The minimum Gasteiger partial charge on any atom is -0.481 e. The van der Waals surface area contributed by atoms with E-state index in [4.69, 9.17) is 5.11 Å². The van der Waals surface area contributed by atoms with Gasteiger partial charge in [-0.25, -0.2) is 0 Å². The molecule has 2 N–H and O–H groups in total. The van der Waals surface area contributed by atoms with Crippen molar-refractivity contribution in [2.75, 3.05) is 13.1 Å². The topological polar surface area (TPSA) is 49.3 Å². The molecule has 94 valence electrons. The Kier molecular flexibility index (Phi) is 6.33. The van der Waals surface area contributed by atoms with E-state index in [1.54, 1.807) is 0 Å². The third kappa shape index (κ3) is 6.07. The van der Waals surface area contributed by atoms with Gasteiger partial charge in [0.25, 0.3) is 0 Å². The highest BCUT2D eigenvalue weighted by Crippen LogP contribution is 2.06. The van der Waals surface area contributed by atoms with Crippen LogP contribution in [0.25, 0.3) is 0 Å². The van der Waals surface area contributed by atoms with Crippen LogP contribution in [-0.2, 0) is 17.6 Å². The fourth-order valence-corrected chi connectivity index (χ4v) is 1.73. The van der Waals surface area contributed by atoms with Crippen LogP contribution in [0.4, 0.5) is 0 Å². The first-order chi connectivity index (χ1) is 8.22. The Bertz CT molecular complexity index is 350. The van der Waals surface area contributed by atoms with Gasteiger partial charge in [-0.2, -0.15) is 0 Å². The summed E-state index contributed by atoms with van der Waals surface area (Å²) in [6.07, 6.45) is 3.48. The summed E-state index contributed by atoms with van der Waals surface area (Å²) in [7, 11) is 0. The number of carboxylic acids is 1. The van der Waals surface area contributed by atoms with E-state index in [1.807, 2.05) is 24.3 Å². The fourth-order valence-electron chi connectivity index (χ4n) is 1.73. The zero-order valence-electron chi connectivity index (χ0n) is 10.4. The molecule has 0 aliphatic heterocycles. The molecule has 0 bridgehead atoms. The fraction of sp³-hybridized carbons (Fsp3) is 0.500. The molecule has 17 heavy (non-hydrogen) atoms. The van der Waals surface area contributed by atoms with Crippen molar-refractivity contribution >= 4 is 5.97 Å². The first kappa shape index (κ1) is 13.7. The Hall–Kier alpha value is -1.35. The van der Waals surface area contributed by atoms with Gasteiger partial charge in [0.05, 0.1) is 6.42 Å². The molecule has 0 saturated heterocycles. The average molecular weight is 235 g/mol. The smallest absolute Gasteiger partial charge is 0.307 e. The van der Waals surface area contributed by atoms with E-state index in [2.05, 4.69) is 12.2 Å². The minimum absolute atomic E-state index is 0.108. The first-order valence-corrected chi connectivity index (χ1v) is 6.22. The zero-order valence-corrected chi connectivity index (χ0v) is 10.4. The number of carboxylic acid groups (broad SMARTS) is 1. The van der Waals surface area contributed by atoms with Gasteiger partial charge >= 0.3 is 5.97 Å². The lowest BCUT2D eigenvalue weighted by atomic mass is 10.1. The molecule has 0 aliphatic carbocycles. The maximum absolute atomic E-state index is 10.6. The molecule has 0 amide bonds. The van der Waals surface area contributed by atoms with E-state index in [-0.39, 0.29) is 6.42 Å². The van der Waals surface area contributed by atoms with Crippen molar-refractivity contribution in [3.63, 3.8) is 0 Å². The Balaban J connectivity index is 2.35. The summed E-state index contributed by atoms with van der Waals surface area (Å²) in [5.41, 5.74) is 2.08. The number of rotatable bonds is 8.